The fourth-order valence-electron chi connectivity index (χ4n) is 12.4. The molecule has 1 fully saturated rings. The van der Waals surface area contributed by atoms with Crippen LogP contribution >= 0.6 is 11.3 Å². The van der Waals surface area contributed by atoms with Gasteiger partial charge in [-0.05, 0) is 137 Å². The average Bonchev–Trinajstić information content (AvgIpc) is 3.75. The largest absolute Gasteiger partial charge is 0.334 e. The van der Waals surface area contributed by atoms with Crippen molar-refractivity contribution in [2.75, 3.05) is 14.7 Å². The molecule has 7 aromatic carbocycles. The van der Waals surface area contributed by atoms with Crippen molar-refractivity contribution in [2.45, 2.75) is 110 Å². The molecule has 0 spiro atoms. The van der Waals surface area contributed by atoms with Crippen LogP contribution in [-0.2, 0) is 16.2 Å². The maximum absolute atomic E-state index is 2.76. The van der Waals surface area contributed by atoms with Gasteiger partial charge in [0.15, 0.2) is 0 Å². The smallest absolute Gasteiger partial charge is 0.252 e. The Bertz CT molecular complexity index is 3240. The summed E-state index contributed by atoms with van der Waals surface area (Å²) in [7, 11) is 0. The molecule has 1 aromatic heterocycles. The van der Waals surface area contributed by atoms with Gasteiger partial charge in [0.05, 0.1) is 15.9 Å². The highest BCUT2D eigenvalue weighted by molar-refractivity contribution is 7.26. The first-order valence-corrected chi connectivity index (χ1v) is 24.4. The molecule has 0 N–H and O–H groups in total. The van der Waals surface area contributed by atoms with Crippen LogP contribution in [0.25, 0.3) is 20.2 Å². The fraction of sp³-hybridized carbons (Fsp3) is 0.288. The second kappa shape index (κ2) is 13.6. The topological polar surface area (TPSA) is 9.72 Å². The van der Waals surface area contributed by atoms with Gasteiger partial charge >= 0.3 is 0 Å². The molecule has 64 heavy (non-hydrogen) atoms. The van der Waals surface area contributed by atoms with E-state index in [0.717, 1.165) is 0 Å². The van der Waals surface area contributed by atoms with Gasteiger partial charge in [-0.1, -0.05) is 140 Å². The Labute approximate surface area is 384 Å². The lowest BCUT2D eigenvalue weighted by atomic mass is 9.33. The molecule has 0 saturated heterocycles. The monoisotopic (exact) mass is 851 g/mol. The third-order valence-corrected chi connectivity index (χ3v) is 17.1. The van der Waals surface area contributed by atoms with Crippen LogP contribution in [0.5, 0.6) is 0 Å². The summed E-state index contributed by atoms with van der Waals surface area (Å²) in [6, 6.07) is 54.5. The number of nitrogens with zero attached hydrogens (tertiary/aromatic N) is 3. The average molecular weight is 852 g/mol. The number of benzene rings is 7. The summed E-state index contributed by atoms with van der Waals surface area (Å²) in [5.41, 5.74) is 19.8. The summed E-state index contributed by atoms with van der Waals surface area (Å²) >= 11 is 1.93. The van der Waals surface area contributed by atoms with Crippen molar-refractivity contribution in [3.63, 3.8) is 0 Å². The van der Waals surface area contributed by atoms with Gasteiger partial charge in [0.25, 0.3) is 6.71 Å². The number of fused-ring (bicyclic) bond motifs is 10. The van der Waals surface area contributed by atoms with Crippen molar-refractivity contribution in [3.05, 3.63) is 162 Å². The molecule has 3 aliphatic heterocycles. The zero-order valence-corrected chi connectivity index (χ0v) is 39.8. The summed E-state index contributed by atoms with van der Waals surface area (Å²) < 4.78 is 2.65. The van der Waals surface area contributed by atoms with E-state index in [1.165, 1.54) is 130 Å². The van der Waals surface area contributed by atoms with Crippen LogP contribution in [-0.4, -0.2) is 12.3 Å². The summed E-state index contributed by atoms with van der Waals surface area (Å²) in [5, 5.41) is 2.64. The number of hydrogen-bond donors (Lipinski definition) is 0. The van der Waals surface area contributed by atoms with Crippen LogP contribution in [0, 0.1) is 6.92 Å². The van der Waals surface area contributed by atoms with E-state index in [-0.39, 0.29) is 28.5 Å². The molecular weight excluding hydrogens is 794 g/mol. The summed E-state index contributed by atoms with van der Waals surface area (Å²) in [6.07, 6.45) is 4.91. The van der Waals surface area contributed by atoms with E-state index in [2.05, 4.69) is 217 Å². The maximum Gasteiger partial charge on any atom is 0.252 e. The van der Waals surface area contributed by atoms with Gasteiger partial charge in [-0.25, -0.2) is 0 Å². The SMILES string of the molecule is Cc1cc2c3c(c1)N(c1cccc4c1sc1ccccc14)c1cc(N4c5ccccc5C5(C)CCCCC45C)ccc1B3c1ccc(C(C)(C)C)cc1N2c1cccc(C(C)(C)C)c1. The molecule has 5 heteroatoms. The number of thiophene rings is 1. The molecule has 2 atom stereocenters. The third-order valence-electron chi connectivity index (χ3n) is 15.9. The Morgan fingerprint density at radius 3 is 1.97 bits per heavy atom. The molecule has 1 saturated carbocycles. The Morgan fingerprint density at radius 2 is 1.17 bits per heavy atom. The molecule has 3 nitrogen and oxygen atoms in total. The predicted octanol–water partition coefficient (Wildman–Crippen LogP) is 14.8. The lowest BCUT2D eigenvalue weighted by molar-refractivity contribution is 0.195. The molecule has 4 aliphatic rings. The van der Waals surface area contributed by atoms with E-state index < -0.39 is 0 Å². The summed E-state index contributed by atoms with van der Waals surface area (Å²) in [4.78, 5) is 8.03. The van der Waals surface area contributed by atoms with E-state index in [1.54, 1.807) is 0 Å². The zero-order valence-electron chi connectivity index (χ0n) is 38.9. The molecule has 318 valence electrons. The van der Waals surface area contributed by atoms with E-state index in [0.29, 0.717) is 0 Å². The van der Waals surface area contributed by atoms with Crippen molar-refractivity contribution in [1.82, 2.24) is 0 Å². The molecule has 4 heterocycles. The first-order valence-electron chi connectivity index (χ1n) is 23.6. The first kappa shape index (κ1) is 39.8. The normalized spacial score (nSPS) is 20.0. The summed E-state index contributed by atoms with van der Waals surface area (Å²) in [6.45, 7) is 21.5. The molecule has 12 rings (SSSR count). The standard InChI is InChI=1S/C59H58BN3S/c1-37-32-51-54-52(33-37)62(48-24-17-21-43-42-20-10-13-25-53(42)64-55(43)48)50-36-41(63-47-23-12-11-22-44(47)58(8)30-14-15-31-59(58,63)9)27-29-46(50)60(54)45-28-26-39(57(5,6)7)35-49(45)61(51)40-19-16-18-38(34-40)56(2,3)4/h10-13,16-29,32-36H,14-15,30-31H2,1-9H3. The maximum atomic E-state index is 2.76. The van der Waals surface area contributed by atoms with Crippen LogP contribution in [0.3, 0.4) is 0 Å². The van der Waals surface area contributed by atoms with Crippen LogP contribution in [0.15, 0.2) is 140 Å². The van der Waals surface area contributed by atoms with Gasteiger partial charge in [-0.2, -0.15) is 0 Å². The molecular formula is C59H58BN3S. The number of para-hydroxylation sites is 1. The molecule has 0 amide bonds. The van der Waals surface area contributed by atoms with Crippen LogP contribution in [0.4, 0.5) is 45.5 Å². The Morgan fingerprint density at radius 1 is 0.531 bits per heavy atom. The minimum atomic E-state index is -0.0429. The molecule has 0 radical (unpaired) electrons. The number of rotatable bonds is 3. The Kier molecular flexibility index (Phi) is 8.47. The minimum absolute atomic E-state index is 0.00875. The second-order valence-corrected chi connectivity index (χ2v) is 22.9. The van der Waals surface area contributed by atoms with Crippen molar-refractivity contribution >= 4 is 100 Å². The molecule has 1 aliphatic carbocycles. The van der Waals surface area contributed by atoms with Crippen molar-refractivity contribution in [3.8, 4) is 0 Å². The van der Waals surface area contributed by atoms with Gasteiger partial charge in [-0.15, -0.1) is 11.3 Å². The van der Waals surface area contributed by atoms with E-state index in [1.807, 2.05) is 11.3 Å². The molecule has 8 aromatic rings. The predicted molar refractivity (Wildman–Crippen MR) is 278 cm³/mol. The number of aryl methyl sites for hydroxylation is 1. The highest BCUT2D eigenvalue weighted by Crippen LogP contribution is 2.61. The summed E-state index contributed by atoms with van der Waals surface area (Å²) in [5.74, 6) is 0. The minimum Gasteiger partial charge on any atom is -0.334 e. The van der Waals surface area contributed by atoms with E-state index >= 15 is 0 Å². The quantitative estimate of drug-likeness (QED) is 0.164. The van der Waals surface area contributed by atoms with Gasteiger partial charge < -0.3 is 14.7 Å². The van der Waals surface area contributed by atoms with Gasteiger partial charge in [-0.3, -0.25) is 0 Å². The van der Waals surface area contributed by atoms with Gasteiger partial charge in [0.2, 0.25) is 0 Å². The molecule has 0 bridgehead atoms. The van der Waals surface area contributed by atoms with E-state index in [4.69, 9.17) is 0 Å². The van der Waals surface area contributed by atoms with Gasteiger partial charge in [0.1, 0.15) is 0 Å². The second-order valence-electron chi connectivity index (χ2n) is 21.8. The zero-order chi connectivity index (χ0) is 44.1. The lowest BCUT2D eigenvalue weighted by Gasteiger charge is -2.50. The lowest BCUT2D eigenvalue weighted by Crippen LogP contribution is -2.61. The fourth-order valence-corrected chi connectivity index (χ4v) is 13.6. The highest BCUT2D eigenvalue weighted by atomic mass is 32.1. The number of hydrogen-bond acceptors (Lipinski definition) is 4. The third kappa shape index (κ3) is 5.52. The first-order chi connectivity index (χ1) is 30.7. The highest BCUT2D eigenvalue weighted by Gasteiger charge is 2.58. The van der Waals surface area contributed by atoms with Crippen molar-refractivity contribution in [2.24, 2.45) is 0 Å². The van der Waals surface area contributed by atoms with E-state index in [9.17, 15) is 0 Å². The Hall–Kier alpha value is -5.78. The molecule has 2 unspecified atom stereocenters. The number of anilines is 8. The van der Waals surface area contributed by atoms with Crippen LogP contribution in [0.1, 0.15) is 103 Å². The van der Waals surface area contributed by atoms with Crippen LogP contribution in [0.2, 0.25) is 0 Å². The van der Waals surface area contributed by atoms with Crippen LogP contribution < -0.4 is 31.1 Å². The van der Waals surface area contributed by atoms with Gasteiger partial charge in [0, 0.05) is 60.7 Å². The van der Waals surface area contributed by atoms with Crippen molar-refractivity contribution in [1.29, 1.82) is 0 Å². The Balaban J connectivity index is 1.17. The van der Waals surface area contributed by atoms with Crippen molar-refractivity contribution < 1.29 is 0 Å².